The number of hydrogen-bond donors (Lipinski definition) is 2. The van der Waals surface area contributed by atoms with Gasteiger partial charge in [0.25, 0.3) is 0 Å². The summed E-state index contributed by atoms with van der Waals surface area (Å²) < 4.78 is 0. The lowest BCUT2D eigenvalue weighted by Crippen LogP contribution is -2.47. The van der Waals surface area contributed by atoms with E-state index in [2.05, 4.69) is 9.80 Å². The molecule has 1 aliphatic rings. The number of primary amides is 1. The van der Waals surface area contributed by atoms with Crippen molar-refractivity contribution in [3.05, 3.63) is 71.3 Å². The van der Waals surface area contributed by atoms with Gasteiger partial charge in [-0.05, 0) is 23.3 Å². The second-order valence-electron chi connectivity index (χ2n) is 6.57. The SMILES string of the molecule is NC(=O)c1cccc(CN2CCN(C[C@H](O)c3ccccc3)CC2)c1. The molecule has 5 nitrogen and oxygen atoms in total. The molecule has 25 heavy (non-hydrogen) atoms. The predicted molar refractivity (Wildman–Crippen MR) is 98.1 cm³/mol. The van der Waals surface area contributed by atoms with Crippen LogP contribution in [-0.2, 0) is 6.54 Å². The number of amides is 1. The Bertz CT molecular complexity index is 697. The maximum absolute atomic E-state index is 11.3. The highest BCUT2D eigenvalue weighted by atomic mass is 16.3. The lowest BCUT2D eigenvalue weighted by molar-refractivity contribution is 0.0701. The van der Waals surface area contributed by atoms with Gasteiger partial charge in [0, 0.05) is 44.8 Å². The van der Waals surface area contributed by atoms with E-state index in [1.807, 2.05) is 48.5 Å². The Labute approximate surface area is 148 Å². The molecule has 0 aromatic heterocycles. The molecule has 0 spiro atoms. The maximum Gasteiger partial charge on any atom is 0.248 e. The lowest BCUT2D eigenvalue weighted by Gasteiger charge is -2.35. The molecule has 2 aromatic carbocycles. The van der Waals surface area contributed by atoms with Crippen molar-refractivity contribution in [2.45, 2.75) is 12.6 Å². The van der Waals surface area contributed by atoms with E-state index in [9.17, 15) is 9.90 Å². The van der Waals surface area contributed by atoms with Crippen molar-refractivity contribution in [3.63, 3.8) is 0 Å². The Kier molecular flexibility index (Phi) is 5.81. The zero-order chi connectivity index (χ0) is 17.6. The minimum Gasteiger partial charge on any atom is -0.387 e. The Morgan fingerprint density at radius 1 is 1.00 bits per heavy atom. The van der Waals surface area contributed by atoms with Gasteiger partial charge in [-0.3, -0.25) is 14.6 Å². The van der Waals surface area contributed by atoms with Crippen LogP contribution in [0.3, 0.4) is 0 Å². The number of aliphatic hydroxyl groups excluding tert-OH is 1. The maximum atomic E-state index is 11.3. The summed E-state index contributed by atoms with van der Waals surface area (Å²) >= 11 is 0. The minimum absolute atomic E-state index is 0.387. The normalized spacial score (nSPS) is 17.3. The predicted octanol–water partition coefficient (Wildman–Crippen LogP) is 1.64. The van der Waals surface area contributed by atoms with Crippen LogP contribution in [0.2, 0.25) is 0 Å². The van der Waals surface area contributed by atoms with Crippen molar-refractivity contribution in [2.75, 3.05) is 32.7 Å². The van der Waals surface area contributed by atoms with Crippen molar-refractivity contribution in [1.82, 2.24) is 9.80 Å². The summed E-state index contributed by atoms with van der Waals surface area (Å²) in [5.74, 6) is -0.387. The van der Waals surface area contributed by atoms with Crippen molar-refractivity contribution < 1.29 is 9.90 Å². The number of nitrogens with zero attached hydrogens (tertiary/aromatic N) is 2. The van der Waals surface area contributed by atoms with E-state index in [0.29, 0.717) is 12.1 Å². The van der Waals surface area contributed by atoms with Crippen LogP contribution in [0, 0.1) is 0 Å². The molecule has 1 aliphatic heterocycles. The molecular formula is C20H25N3O2. The van der Waals surface area contributed by atoms with E-state index in [1.165, 1.54) is 0 Å². The van der Waals surface area contributed by atoms with Crippen molar-refractivity contribution in [1.29, 1.82) is 0 Å². The van der Waals surface area contributed by atoms with Gasteiger partial charge in [-0.1, -0.05) is 42.5 Å². The first kappa shape index (κ1) is 17.6. The van der Waals surface area contributed by atoms with E-state index < -0.39 is 6.10 Å². The zero-order valence-corrected chi connectivity index (χ0v) is 14.3. The van der Waals surface area contributed by atoms with E-state index in [4.69, 9.17) is 5.73 Å². The summed E-state index contributed by atoms with van der Waals surface area (Å²) in [6.45, 7) is 5.23. The largest absolute Gasteiger partial charge is 0.387 e. The molecular weight excluding hydrogens is 314 g/mol. The Hall–Kier alpha value is -2.21. The van der Waals surface area contributed by atoms with Crippen LogP contribution < -0.4 is 5.73 Å². The summed E-state index contributed by atoms with van der Waals surface area (Å²) in [4.78, 5) is 16.0. The van der Waals surface area contributed by atoms with E-state index in [0.717, 1.165) is 43.9 Å². The molecule has 1 heterocycles. The number of carbonyl (C=O) groups excluding carboxylic acids is 1. The van der Waals surface area contributed by atoms with E-state index in [1.54, 1.807) is 6.07 Å². The summed E-state index contributed by atoms with van der Waals surface area (Å²) in [6.07, 6.45) is -0.444. The molecule has 1 atom stereocenters. The molecule has 0 aliphatic carbocycles. The molecule has 1 saturated heterocycles. The second kappa shape index (κ2) is 8.25. The standard InChI is InChI=1S/C20H25N3O2/c21-20(25)18-8-4-5-16(13-18)14-22-9-11-23(12-10-22)15-19(24)17-6-2-1-3-7-17/h1-8,13,19,24H,9-12,14-15H2,(H2,21,25)/t19-/m0/s1. The number of piperazine rings is 1. The van der Waals surface area contributed by atoms with Crippen LogP contribution in [0.15, 0.2) is 54.6 Å². The topological polar surface area (TPSA) is 69.8 Å². The fraction of sp³-hybridized carbons (Fsp3) is 0.350. The van der Waals surface area contributed by atoms with Crippen LogP contribution >= 0.6 is 0 Å². The van der Waals surface area contributed by atoms with Gasteiger partial charge in [-0.15, -0.1) is 0 Å². The third-order valence-corrected chi connectivity index (χ3v) is 4.70. The molecule has 3 N–H and O–H groups in total. The van der Waals surface area contributed by atoms with Gasteiger partial charge in [-0.2, -0.15) is 0 Å². The number of nitrogens with two attached hydrogens (primary N) is 1. The Morgan fingerprint density at radius 3 is 2.36 bits per heavy atom. The zero-order valence-electron chi connectivity index (χ0n) is 14.3. The number of carbonyl (C=O) groups is 1. The molecule has 132 valence electrons. The molecule has 1 fully saturated rings. The third-order valence-electron chi connectivity index (χ3n) is 4.70. The molecule has 3 rings (SSSR count). The van der Waals surface area contributed by atoms with Crippen molar-refractivity contribution in [3.8, 4) is 0 Å². The third kappa shape index (κ3) is 4.89. The minimum atomic E-state index is -0.444. The van der Waals surface area contributed by atoms with Gasteiger partial charge in [0.05, 0.1) is 6.10 Å². The molecule has 0 bridgehead atoms. The lowest BCUT2D eigenvalue weighted by atomic mass is 10.1. The van der Waals surface area contributed by atoms with E-state index >= 15 is 0 Å². The average molecular weight is 339 g/mol. The van der Waals surface area contributed by atoms with Crippen LogP contribution in [0.4, 0.5) is 0 Å². The van der Waals surface area contributed by atoms with Crippen molar-refractivity contribution in [2.24, 2.45) is 5.73 Å². The molecule has 1 amide bonds. The van der Waals surface area contributed by atoms with Crippen molar-refractivity contribution >= 4 is 5.91 Å². The van der Waals surface area contributed by atoms with Crippen LogP contribution in [0.25, 0.3) is 0 Å². The van der Waals surface area contributed by atoms with Gasteiger partial charge >= 0.3 is 0 Å². The van der Waals surface area contributed by atoms with Gasteiger partial charge in [0.1, 0.15) is 0 Å². The number of hydrogen-bond acceptors (Lipinski definition) is 4. The van der Waals surface area contributed by atoms with Gasteiger partial charge in [-0.25, -0.2) is 0 Å². The molecule has 0 radical (unpaired) electrons. The highest BCUT2D eigenvalue weighted by molar-refractivity contribution is 5.92. The fourth-order valence-corrected chi connectivity index (χ4v) is 3.24. The quantitative estimate of drug-likeness (QED) is 0.839. The first-order valence-corrected chi connectivity index (χ1v) is 8.68. The fourth-order valence-electron chi connectivity index (χ4n) is 3.24. The smallest absolute Gasteiger partial charge is 0.248 e. The van der Waals surface area contributed by atoms with Crippen LogP contribution in [0.1, 0.15) is 27.6 Å². The highest BCUT2D eigenvalue weighted by Crippen LogP contribution is 2.16. The molecule has 0 saturated carbocycles. The van der Waals surface area contributed by atoms with E-state index in [-0.39, 0.29) is 5.91 Å². The molecule has 0 unspecified atom stereocenters. The van der Waals surface area contributed by atoms with Gasteiger partial charge in [0.2, 0.25) is 5.91 Å². The Balaban J connectivity index is 1.49. The molecule has 5 heteroatoms. The summed E-state index contributed by atoms with van der Waals surface area (Å²) in [6, 6.07) is 17.3. The summed E-state index contributed by atoms with van der Waals surface area (Å²) in [7, 11) is 0. The first-order valence-electron chi connectivity index (χ1n) is 8.68. The Morgan fingerprint density at radius 2 is 1.68 bits per heavy atom. The highest BCUT2D eigenvalue weighted by Gasteiger charge is 2.20. The number of rotatable bonds is 6. The average Bonchev–Trinajstić information content (AvgIpc) is 2.64. The van der Waals surface area contributed by atoms with Crippen LogP contribution in [-0.4, -0.2) is 53.5 Å². The van der Waals surface area contributed by atoms with Gasteiger partial charge < -0.3 is 10.8 Å². The second-order valence-corrected chi connectivity index (χ2v) is 6.57. The monoisotopic (exact) mass is 339 g/mol. The van der Waals surface area contributed by atoms with Crippen LogP contribution in [0.5, 0.6) is 0 Å². The summed E-state index contributed by atoms with van der Waals surface area (Å²) in [5.41, 5.74) is 7.97. The number of benzene rings is 2. The first-order chi connectivity index (χ1) is 12.1. The summed E-state index contributed by atoms with van der Waals surface area (Å²) in [5, 5.41) is 10.4. The number of aliphatic hydroxyl groups is 1. The van der Waals surface area contributed by atoms with Gasteiger partial charge in [0.15, 0.2) is 0 Å². The molecule has 2 aromatic rings. The number of β-amino-alcohol motifs (C(OH)–C–C–N with tert-alkyl or cyclic N) is 1.